The molecule has 1 aromatic heterocycles. The summed E-state index contributed by atoms with van der Waals surface area (Å²) < 4.78 is 42.7. The molecule has 0 radical (unpaired) electrons. The van der Waals surface area contributed by atoms with Gasteiger partial charge in [0.2, 0.25) is 0 Å². The molecular formula is C22H24F3N3S. The number of hydrogen-bond donors (Lipinski definition) is 0. The topological polar surface area (TPSA) is 20.5 Å². The minimum absolute atomic E-state index is 0.0939. The number of rotatable bonds is 8. The van der Waals surface area contributed by atoms with Crippen LogP contribution in [-0.2, 0) is 6.54 Å². The van der Waals surface area contributed by atoms with Gasteiger partial charge in [-0.2, -0.15) is 0 Å². The normalized spacial score (nSPS) is 12.1. The Hall–Kier alpha value is -2.38. The Labute approximate surface area is 172 Å². The predicted octanol–water partition coefficient (Wildman–Crippen LogP) is 5.60. The molecule has 0 aliphatic rings. The summed E-state index contributed by atoms with van der Waals surface area (Å²) in [6.45, 7) is 7.84. The summed E-state index contributed by atoms with van der Waals surface area (Å²) in [5.74, 6) is -1.63. The molecule has 1 heterocycles. The van der Waals surface area contributed by atoms with Crippen molar-refractivity contribution in [2.75, 3.05) is 19.6 Å². The lowest BCUT2D eigenvalue weighted by Crippen LogP contribution is -2.26. The zero-order valence-corrected chi connectivity index (χ0v) is 17.4. The van der Waals surface area contributed by atoms with Crippen LogP contribution < -0.4 is 4.80 Å². The van der Waals surface area contributed by atoms with Crippen molar-refractivity contribution < 1.29 is 13.2 Å². The second kappa shape index (κ2) is 9.89. The van der Waals surface area contributed by atoms with E-state index in [1.54, 1.807) is 12.1 Å². The zero-order valence-electron chi connectivity index (χ0n) is 16.5. The number of nitrogens with zero attached hydrogens (tertiary/aromatic N) is 3. The lowest BCUT2D eigenvalue weighted by atomic mass is 10.1. The van der Waals surface area contributed by atoms with Gasteiger partial charge < -0.3 is 9.47 Å². The van der Waals surface area contributed by atoms with E-state index < -0.39 is 11.6 Å². The van der Waals surface area contributed by atoms with Gasteiger partial charge in [-0.25, -0.2) is 18.2 Å². The van der Waals surface area contributed by atoms with E-state index in [-0.39, 0.29) is 11.5 Å². The third kappa shape index (κ3) is 5.36. The molecule has 0 atom stereocenters. The summed E-state index contributed by atoms with van der Waals surface area (Å²) >= 11 is 1.38. The molecule has 0 N–H and O–H groups in total. The predicted molar refractivity (Wildman–Crippen MR) is 112 cm³/mol. The van der Waals surface area contributed by atoms with Crippen LogP contribution in [0.3, 0.4) is 0 Å². The molecule has 0 fully saturated rings. The maximum Gasteiger partial charge on any atom is 0.190 e. The van der Waals surface area contributed by atoms with E-state index in [2.05, 4.69) is 23.7 Å². The monoisotopic (exact) mass is 419 g/mol. The van der Waals surface area contributed by atoms with Crippen molar-refractivity contribution in [3.05, 3.63) is 70.1 Å². The Morgan fingerprint density at radius 3 is 2.31 bits per heavy atom. The van der Waals surface area contributed by atoms with Crippen molar-refractivity contribution in [3.63, 3.8) is 0 Å². The number of halogens is 3. The third-order valence-electron chi connectivity index (χ3n) is 4.81. The van der Waals surface area contributed by atoms with Crippen molar-refractivity contribution >= 4 is 17.0 Å². The average molecular weight is 420 g/mol. The molecule has 3 rings (SSSR count). The summed E-state index contributed by atoms with van der Waals surface area (Å²) in [6.07, 6.45) is 0.895. The lowest BCUT2D eigenvalue weighted by Gasteiger charge is -2.18. The largest absolute Gasteiger partial charge is 0.316 e. The van der Waals surface area contributed by atoms with Gasteiger partial charge in [0.1, 0.15) is 17.3 Å². The van der Waals surface area contributed by atoms with Crippen molar-refractivity contribution in [1.82, 2.24) is 9.47 Å². The SMILES string of the molecule is CCN(CC)CCCn1c(-c2ccc(F)cc2)csc1=Nc1ccc(F)cc1F. The van der Waals surface area contributed by atoms with Crippen LogP contribution in [0.25, 0.3) is 11.3 Å². The van der Waals surface area contributed by atoms with Gasteiger partial charge in [-0.15, -0.1) is 11.3 Å². The molecule has 0 bridgehead atoms. The second-order valence-corrected chi connectivity index (χ2v) is 7.49. The van der Waals surface area contributed by atoms with Crippen LogP contribution >= 0.6 is 11.3 Å². The summed E-state index contributed by atoms with van der Waals surface area (Å²) in [4.78, 5) is 7.39. The fourth-order valence-electron chi connectivity index (χ4n) is 3.15. The van der Waals surface area contributed by atoms with Gasteiger partial charge in [0.25, 0.3) is 0 Å². The van der Waals surface area contributed by atoms with Gasteiger partial charge in [-0.1, -0.05) is 13.8 Å². The van der Waals surface area contributed by atoms with Crippen LogP contribution in [0.4, 0.5) is 18.9 Å². The highest BCUT2D eigenvalue weighted by molar-refractivity contribution is 7.07. The van der Waals surface area contributed by atoms with Gasteiger partial charge in [0, 0.05) is 18.0 Å². The molecule has 2 aromatic carbocycles. The van der Waals surface area contributed by atoms with Crippen LogP contribution in [0.1, 0.15) is 20.3 Å². The fourth-order valence-corrected chi connectivity index (χ4v) is 4.10. The van der Waals surface area contributed by atoms with E-state index in [9.17, 15) is 13.2 Å². The molecule has 0 saturated carbocycles. The van der Waals surface area contributed by atoms with E-state index in [0.29, 0.717) is 11.3 Å². The van der Waals surface area contributed by atoms with Gasteiger partial charge in [0.15, 0.2) is 10.6 Å². The minimum atomic E-state index is -0.698. The molecule has 0 unspecified atom stereocenters. The molecule has 7 heteroatoms. The van der Waals surface area contributed by atoms with E-state index >= 15 is 0 Å². The van der Waals surface area contributed by atoms with Gasteiger partial charge in [-0.3, -0.25) is 0 Å². The van der Waals surface area contributed by atoms with E-state index in [1.165, 1.54) is 35.6 Å². The second-order valence-electron chi connectivity index (χ2n) is 6.65. The Morgan fingerprint density at radius 1 is 0.966 bits per heavy atom. The average Bonchev–Trinajstić information content (AvgIpc) is 3.10. The number of aromatic nitrogens is 1. The van der Waals surface area contributed by atoms with Gasteiger partial charge in [-0.05, 0) is 68.0 Å². The maximum absolute atomic E-state index is 14.1. The molecule has 3 aromatic rings. The Kier molecular flexibility index (Phi) is 7.28. The Bertz CT molecular complexity index is 1000. The molecular weight excluding hydrogens is 395 g/mol. The highest BCUT2D eigenvalue weighted by Gasteiger charge is 2.10. The highest BCUT2D eigenvalue weighted by Crippen LogP contribution is 2.23. The van der Waals surface area contributed by atoms with Crippen LogP contribution in [-0.4, -0.2) is 29.1 Å². The van der Waals surface area contributed by atoms with E-state index in [1.807, 2.05) is 9.95 Å². The summed E-state index contributed by atoms with van der Waals surface area (Å²) in [7, 11) is 0. The first-order chi connectivity index (χ1) is 14.0. The first kappa shape index (κ1) is 21.3. The smallest absolute Gasteiger partial charge is 0.190 e. The molecule has 29 heavy (non-hydrogen) atoms. The third-order valence-corrected chi connectivity index (χ3v) is 5.68. The zero-order chi connectivity index (χ0) is 20.8. The van der Waals surface area contributed by atoms with Gasteiger partial charge >= 0.3 is 0 Å². The minimum Gasteiger partial charge on any atom is -0.316 e. The van der Waals surface area contributed by atoms with E-state index in [4.69, 9.17) is 0 Å². The Morgan fingerprint density at radius 2 is 1.66 bits per heavy atom. The summed E-state index contributed by atoms with van der Waals surface area (Å²) in [6, 6.07) is 9.65. The molecule has 0 spiro atoms. The standard InChI is InChI=1S/C22H24F3N3S/c1-3-27(4-2)12-5-13-28-21(16-6-8-17(23)9-7-16)15-29-22(28)26-20-11-10-18(24)14-19(20)25/h6-11,14-15H,3-5,12-13H2,1-2H3. The first-order valence-corrected chi connectivity index (χ1v) is 10.6. The molecule has 0 amide bonds. The first-order valence-electron chi connectivity index (χ1n) is 9.68. The van der Waals surface area contributed by atoms with Crippen molar-refractivity contribution in [3.8, 4) is 11.3 Å². The quantitative estimate of drug-likeness (QED) is 0.466. The number of thiazole rings is 1. The van der Waals surface area contributed by atoms with Crippen LogP contribution in [0, 0.1) is 17.5 Å². The molecule has 0 aliphatic carbocycles. The van der Waals surface area contributed by atoms with E-state index in [0.717, 1.165) is 43.4 Å². The van der Waals surface area contributed by atoms with Crippen molar-refractivity contribution in [2.24, 2.45) is 4.99 Å². The van der Waals surface area contributed by atoms with Crippen LogP contribution in [0.15, 0.2) is 52.8 Å². The fraction of sp³-hybridized carbons (Fsp3) is 0.318. The molecule has 0 saturated heterocycles. The Balaban J connectivity index is 1.99. The number of benzene rings is 2. The molecule has 0 aliphatic heterocycles. The van der Waals surface area contributed by atoms with Crippen LogP contribution in [0.5, 0.6) is 0 Å². The van der Waals surface area contributed by atoms with Gasteiger partial charge in [0.05, 0.1) is 5.69 Å². The maximum atomic E-state index is 14.1. The van der Waals surface area contributed by atoms with Crippen molar-refractivity contribution in [2.45, 2.75) is 26.8 Å². The lowest BCUT2D eigenvalue weighted by molar-refractivity contribution is 0.293. The molecule has 154 valence electrons. The summed E-state index contributed by atoms with van der Waals surface area (Å²) in [5.41, 5.74) is 1.86. The van der Waals surface area contributed by atoms with Crippen molar-refractivity contribution in [1.29, 1.82) is 0 Å². The number of hydrogen-bond acceptors (Lipinski definition) is 3. The highest BCUT2D eigenvalue weighted by atomic mass is 32.1. The summed E-state index contributed by atoms with van der Waals surface area (Å²) in [5, 5.41) is 1.94. The van der Waals surface area contributed by atoms with Crippen LogP contribution in [0.2, 0.25) is 0 Å². The molecule has 3 nitrogen and oxygen atoms in total.